The highest BCUT2D eigenvalue weighted by molar-refractivity contribution is 5.93. The Kier molecular flexibility index (Phi) is 1.91. The van der Waals surface area contributed by atoms with E-state index in [9.17, 15) is 4.79 Å². The van der Waals surface area contributed by atoms with Crippen LogP contribution in [0.25, 0.3) is 0 Å². The molecule has 5 heteroatoms. The molecule has 0 atom stereocenters. The molecule has 0 spiro atoms. The van der Waals surface area contributed by atoms with Crippen molar-refractivity contribution >= 4 is 5.91 Å². The molecule has 1 rings (SSSR count). The van der Waals surface area contributed by atoms with Crippen molar-refractivity contribution in [3.05, 3.63) is 17.5 Å². The monoisotopic (exact) mass is 155 g/mol. The Morgan fingerprint density at radius 3 is 2.82 bits per heavy atom. The highest BCUT2D eigenvalue weighted by Crippen LogP contribution is 2.03. The summed E-state index contributed by atoms with van der Waals surface area (Å²) in [6.07, 6.45) is 1.38. The zero-order valence-electron chi connectivity index (χ0n) is 6.33. The van der Waals surface area contributed by atoms with E-state index in [-0.39, 0.29) is 0 Å². The summed E-state index contributed by atoms with van der Waals surface area (Å²) in [5.74, 6) is -0.462. The van der Waals surface area contributed by atoms with E-state index in [2.05, 4.69) is 10.2 Å². The van der Waals surface area contributed by atoms with Crippen molar-refractivity contribution in [1.29, 1.82) is 0 Å². The van der Waals surface area contributed by atoms with Gasteiger partial charge >= 0.3 is 0 Å². The molecule has 0 fully saturated rings. The number of aryl methyl sites for hydroxylation is 1. The molecule has 0 bridgehead atoms. The summed E-state index contributed by atoms with van der Waals surface area (Å²) in [6, 6.07) is 0. The summed E-state index contributed by atoms with van der Waals surface area (Å²) in [7, 11) is 1.27. The number of amides is 1. The van der Waals surface area contributed by atoms with Crippen molar-refractivity contribution in [2.24, 2.45) is 0 Å². The van der Waals surface area contributed by atoms with Gasteiger partial charge in [0, 0.05) is 12.7 Å². The quantitative estimate of drug-likeness (QED) is 0.449. The largest absolute Gasteiger partial charge is 0.286 e. The van der Waals surface area contributed by atoms with Gasteiger partial charge in [0.15, 0.2) is 0 Å². The van der Waals surface area contributed by atoms with Crippen LogP contribution in [0.5, 0.6) is 0 Å². The first-order chi connectivity index (χ1) is 5.13. The van der Waals surface area contributed by atoms with Crippen molar-refractivity contribution in [1.82, 2.24) is 15.3 Å². The second-order valence-corrected chi connectivity index (χ2v) is 2.24. The standard InChI is InChI=1S/C6H9N3O2/c1-4-5(3-7-8-4)6(10)9(2)11/h3,11H,1-2H3,(H,7,8). The predicted molar refractivity (Wildman–Crippen MR) is 37.2 cm³/mol. The summed E-state index contributed by atoms with van der Waals surface area (Å²) in [5, 5.41) is 15.5. The Hall–Kier alpha value is -1.36. The second-order valence-electron chi connectivity index (χ2n) is 2.24. The van der Waals surface area contributed by atoms with Crippen LogP contribution in [0.4, 0.5) is 0 Å². The number of rotatable bonds is 1. The van der Waals surface area contributed by atoms with Gasteiger partial charge in [-0.1, -0.05) is 0 Å². The number of carbonyl (C=O) groups excluding carboxylic acids is 1. The molecule has 0 saturated heterocycles. The van der Waals surface area contributed by atoms with Crippen molar-refractivity contribution < 1.29 is 10.0 Å². The molecule has 60 valence electrons. The molecule has 5 nitrogen and oxygen atoms in total. The van der Waals surface area contributed by atoms with Crippen molar-refractivity contribution in [3.63, 3.8) is 0 Å². The number of nitrogens with zero attached hydrogens (tertiary/aromatic N) is 2. The van der Waals surface area contributed by atoms with E-state index in [0.29, 0.717) is 16.3 Å². The predicted octanol–water partition coefficient (Wildman–Crippen LogP) is 0.179. The minimum Gasteiger partial charge on any atom is -0.286 e. The lowest BCUT2D eigenvalue weighted by Gasteiger charge is -2.05. The number of aromatic amines is 1. The van der Waals surface area contributed by atoms with Gasteiger partial charge in [0.1, 0.15) is 0 Å². The Morgan fingerprint density at radius 1 is 1.82 bits per heavy atom. The molecular formula is C6H9N3O2. The Morgan fingerprint density at radius 2 is 2.45 bits per heavy atom. The van der Waals surface area contributed by atoms with Gasteiger partial charge in [-0.2, -0.15) is 5.10 Å². The number of aromatic nitrogens is 2. The molecule has 0 aromatic carbocycles. The van der Waals surface area contributed by atoms with Crippen molar-refractivity contribution in [3.8, 4) is 0 Å². The maximum atomic E-state index is 11.0. The number of hydroxylamine groups is 2. The summed E-state index contributed by atoms with van der Waals surface area (Å²) in [4.78, 5) is 11.0. The van der Waals surface area contributed by atoms with Gasteiger partial charge in [-0.15, -0.1) is 0 Å². The average Bonchev–Trinajstić information content (AvgIpc) is 2.33. The fourth-order valence-corrected chi connectivity index (χ4v) is 0.741. The number of H-pyrrole nitrogens is 1. The van der Waals surface area contributed by atoms with Gasteiger partial charge in [-0.25, -0.2) is 5.06 Å². The van der Waals surface area contributed by atoms with Gasteiger partial charge < -0.3 is 0 Å². The number of hydrogen-bond donors (Lipinski definition) is 2. The fourth-order valence-electron chi connectivity index (χ4n) is 0.741. The van der Waals surface area contributed by atoms with Crippen LogP contribution in [0.2, 0.25) is 0 Å². The lowest BCUT2D eigenvalue weighted by molar-refractivity contribution is -0.0375. The average molecular weight is 155 g/mol. The van der Waals surface area contributed by atoms with E-state index in [1.165, 1.54) is 13.2 Å². The van der Waals surface area contributed by atoms with Crippen LogP contribution in [-0.2, 0) is 0 Å². The smallest absolute Gasteiger partial charge is 0.280 e. The van der Waals surface area contributed by atoms with E-state index < -0.39 is 5.91 Å². The Bertz CT molecular complexity index is 267. The highest BCUT2D eigenvalue weighted by atomic mass is 16.5. The van der Waals surface area contributed by atoms with E-state index in [0.717, 1.165) is 0 Å². The fraction of sp³-hybridized carbons (Fsp3) is 0.333. The van der Waals surface area contributed by atoms with E-state index in [1.807, 2.05) is 0 Å². The van der Waals surface area contributed by atoms with Gasteiger partial charge in [-0.3, -0.25) is 15.1 Å². The van der Waals surface area contributed by atoms with Crippen LogP contribution in [0.1, 0.15) is 16.1 Å². The Labute approximate surface area is 63.6 Å². The molecule has 1 amide bonds. The molecular weight excluding hydrogens is 146 g/mol. The molecule has 0 radical (unpaired) electrons. The minimum absolute atomic E-state index is 0.384. The van der Waals surface area contributed by atoms with Gasteiger partial charge in [-0.05, 0) is 6.92 Å². The van der Waals surface area contributed by atoms with Crippen LogP contribution < -0.4 is 0 Å². The zero-order valence-corrected chi connectivity index (χ0v) is 6.33. The molecule has 11 heavy (non-hydrogen) atoms. The summed E-state index contributed by atoms with van der Waals surface area (Å²) in [5.41, 5.74) is 1.03. The maximum Gasteiger partial charge on any atom is 0.280 e. The minimum atomic E-state index is -0.462. The molecule has 0 aliphatic rings. The van der Waals surface area contributed by atoms with Gasteiger partial charge in [0.05, 0.1) is 11.8 Å². The van der Waals surface area contributed by atoms with Gasteiger partial charge in [0.25, 0.3) is 5.91 Å². The Balaban J connectivity index is 2.93. The number of carbonyl (C=O) groups is 1. The lowest BCUT2D eigenvalue weighted by atomic mass is 10.2. The highest BCUT2D eigenvalue weighted by Gasteiger charge is 2.13. The molecule has 1 aromatic rings. The van der Waals surface area contributed by atoms with Crippen LogP contribution in [0.15, 0.2) is 6.20 Å². The van der Waals surface area contributed by atoms with Crippen molar-refractivity contribution in [2.45, 2.75) is 6.92 Å². The van der Waals surface area contributed by atoms with Crippen molar-refractivity contribution in [2.75, 3.05) is 7.05 Å². The summed E-state index contributed by atoms with van der Waals surface area (Å²) < 4.78 is 0. The number of nitrogens with one attached hydrogen (secondary N) is 1. The first-order valence-corrected chi connectivity index (χ1v) is 3.10. The van der Waals surface area contributed by atoms with E-state index in [1.54, 1.807) is 6.92 Å². The molecule has 2 N–H and O–H groups in total. The molecule has 0 unspecified atom stereocenters. The molecule has 0 aliphatic heterocycles. The number of hydrogen-bond acceptors (Lipinski definition) is 3. The first-order valence-electron chi connectivity index (χ1n) is 3.10. The summed E-state index contributed by atoms with van der Waals surface area (Å²) in [6.45, 7) is 1.71. The van der Waals surface area contributed by atoms with Crippen LogP contribution in [-0.4, -0.2) is 33.4 Å². The SMILES string of the molecule is Cc1[nH]ncc1C(=O)N(C)O. The second kappa shape index (κ2) is 2.71. The van der Waals surface area contributed by atoms with Gasteiger partial charge in [0.2, 0.25) is 0 Å². The first kappa shape index (κ1) is 7.74. The van der Waals surface area contributed by atoms with Crippen LogP contribution in [0.3, 0.4) is 0 Å². The van der Waals surface area contributed by atoms with E-state index >= 15 is 0 Å². The third kappa shape index (κ3) is 1.38. The molecule has 1 heterocycles. The topological polar surface area (TPSA) is 69.2 Å². The normalized spacial score (nSPS) is 9.73. The maximum absolute atomic E-state index is 11.0. The molecule has 1 aromatic heterocycles. The molecule has 0 aliphatic carbocycles. The lowest BCUT2D eigenvalue weighted by Crippen LogP contribution is -2.22. The third-order valence-electron chi connectivity index (χ3n) is 1.35. The molecule has 0 saturated carbocycles. The summed E-state index contributed by atoms with van der Waals surface area (Å²) >= 11 is 0. The van der Waals surface area contributed by atoms with Crippen LogP contribution in [0, 0.1) is 6.92 Å². The van der Waals surface area contributed by atoms with E-state index in [4.69, 9.17) is 5.21 Å². The van der Waals surface area contributed by atoms with Crippen LogP contribution >= 0.6 is 0 Å². The zero-order chi connectivity index (χ0) is 8.43. The third-order valence-corrected chi connectivity index (χ3v) is 1.35.